The highest BCUT2D eigenvalue weighted by Gasteiger charge is 2.57. The van der Waals surface area contributed by atoms with Gasteiger partial charge in [-0.3, -0.25) is 9.59 Å². The van der Waals surface area contributed by atoms with Gasteiger partial charge in [-0.1, -0.05) is 66.2 Å². The molecule has 0 spiro atoms. The van der Waals surface area contributed by atoms with Crippen LogP contribution in [-0.2, 0) is 37.3 Å². The van der Waals surface area contributed by atoms with Crippen molar-refractivity contribution in [2.75, 3.05) is 13.2 Å². The van der Waals surface area contributed by atoms with Gasteiger partial charge in [-0.05, 0) is 87.7 Å². The molecule has 0 atom stereocenters. The normalized spacial score (nSPS) is 14.4. The summed E-state index contributed by atoms with van der Waals surface area (Å²) in [5.74, 6) is -1.09. The van der Waals surface area contributed by atoms with Crippen molar-refractivity contribution in [1.29, 1.82) is 0 Å². The lowest BCUT2D eigenvalue weighted by Crippen LogP contribution is -2.46. The molecule has 0 N–H and O–H groups in total. The minimum absolute atomic E-state index is 0.185. The summed E-state index contributed by atoms with van der Waals surface area (Å²) in [7, 11) is 0. The van der Waals surface area contributed by atoms with Crippen molar-refractivity contribution in [2.24, 2.45) is 0 Å². The van der Waals surface area contributed by atoms with Gasteiger partial charge in [-0.15, -0.1) is 0 Å². The van der Waals surface area contributed by atoms with E-state index in [9.17, 15) is 9.59 Å². The molecule has 4 nitrogen and oxygen atoms in total. The Labute approximate surface area is 214 Å². The van der Waals surface area contributed by atoms with E-state index in [1.165, 1.54) is 5.56 Å². The van der Waals surface area contributed by atoms with E-state index in [-0.39, 0.29) is 19.6 Å². The third-order valence-corrected chi connectivity index (χ3v) is 7.69. The molecule has 0 amide bonds. The molecule has 0 saturated heterocycles. The summed E-state index contributed by atoms with van der Waals surface area (Å²) in [5, 5.41) is 2.64. The van der Waals surface area contributed by atoms with Crippen molar-refractivity contribution in [1.82, 2.24) is 0 Å². The minimum Gasteiger partial charge on any atom is -0.465 e. The van der Waals surface area contributed by atoms with E-state index in [4.69, 9.17) is 21.1 Å². The average molecular weight is 497 g/mol. The molecule has 5 heteroatoms. The average Bonchev–Trinajstić information content (AvgIpc) is 3.44. The van der Waals surface area contributed by atoms with Crippen molar-refractivity contribution in [3.63, 3.8) is 0 Å². The molecule has 0 unspecified atom stereocenters. The molecular weight excluding hydrogens is 472 g/mol. The first-order chi connectivity index (χ1) is 17.5. The lowest BCUT2D eigenvalue weighted by Gasteiger charge is -2.28. The van der Waals surface area contributed by atoms with Crippen LogP contribution in [0, 0.1) is 0 Å². The molecule has 0 bridgehead atoms. The third kappa shape index (κ3) is 3.07. The zero-order valence-corrected chi connectivity index (χ0v) is 20.9. The zero-order valence-electron chi connectivity index (χ0n) is 20.2. The van der Waals surface area contributed by atoms with Crippen LogP contribution in [0.3, 0.4) is 0 Å². The summed E-state index contributed by atoms with van der Waals surface area (Å²) in [6.45, 7) is 3.90. The summed E-state index contributed by atoms with van der Waals surface area (Å²) in [6.07, 6.45) is 0.858. The summed E-state index contributed by atoms with van der Waals surface area (Å²) >= 11 is 6.24. The molecule has 0 fully saturated rings. The fourth-order valence-corrected chi connectivity index (χ4v) is 6.22. The number of ether oxygens (including phenoxy) is 2. The minimum atomic E-state index is -1.53. The van der Waals surface area contributed by atoms with Crippen LogP contribution < -0.4 is 0 Å². The molecule has 0 aliphatic heterocycles. The first kappa shape index (κ1) is 22.8. The molecule has 0 saturated carbocycles. The number of carbonyl (C=O) groups excluding carboxylic acids is 2. The predicted octanol–water partition coefficient (Wildman–Crippen LogP) is 6.65. The Bertz CT molecular complexity index is 1530. The number of esters is 2. The van der Waals surface area contributed by atoms with Gasteiger partial charge in [0.25, 0.3) is 0 Å². The van der Waals surface area contributed by atoms with Crippen LogP contribution in [0.4, 0.5) is 0 Å². The monoisotopic (exact) mass is 496 g/mol. The van der Waals surface area contributed by atoms with E-state index in [1.807, 2.05) is 48.5 Å². The van der Waals surface area contributed by atoms with Gasteiger partial charge in [-0.25, -0.2) is 0 Å². The van der Waals surface area contributed by atoms with Crippen LogP contribution >= 0.6 is 11.6 Å². The van der Waals surface area contributed by atoms with Crippen molar-refractivity contribution in [2.45, 2.75) is 32.1 Å². The second-order valence-corrected chi connectivity index (χ2v) is 9.74. The van der Waals surface area contributed by atoms with Crippen LogP contribution in [0.25, 0.3) is 33.0 Å². The van der Waals surface area contributed by atoms with E-state index >= 15 is 0 Å². The second kappa shape index (κ2) is 8.49. The number of hydrogen-bond donors (Lipinski definition) is 0. The van der Waals surface area contributed by atoms with Crippen LogP contribution in [-0.4, -0.2) is 25.2 Å². The Hall–Kier alpha value is -3.63. The second-order valence-electron chi connectivity index (χ2n) is 9.31. The largest absolute Gasteiger partial charge is 0.465 e. The number of fused-ring (bicyclic) bond motifs is 4. The number of hydrogen-bond acceptors (Lipinski definition) is 4. The topological polar surface area (TPSA) is 52.6 Å². The SMILES string of the molecule is CCOC(=O)C1(C(=O)OCC)Cc2cccc3c(-c4ccc(Cl)cc4)c4c(c1c23)Cc1ccccc1-4. The number of rotatable bonds is 5. The molecule has 0 heterocycles. The van der Waals surface area contributed by atoms with Gasteiger partial charge in [0.2, 0.25) is 0 Å². The maximum atomic E-state index is 13.7. The van der Waals surface area contributed by atoms with Crippen molar-refractivity contribution in [3.8, 4) is 22.3 Å². The van der Waals surface area contributed by atoms with Gasteiger partial charge in [0.15, 0.2) is 5.41 Å². The number of halogens is 1. The Morgan fingerprint density at radius 3 is 2.19 bits per heavy atom. The van der Waals surface area contributed by atoms with E-state index in [0.717, 1.165) is 49.7 Å². The number of benzene rings is 4. The van der Waals surface area contributed by atoms with Crippen molar-refractivity contribution in [3.05, 3.63) is 94.0 Å². The molecule has 4 aromatic carbocycles. The molecule has 0 aromatic heterocycles. The lowest BCUT2D eigenvalue weighted by atomic mass is 9.76. The van der Waals surface area contributed by atoms with E-state index in [0.29, 0.717) is 11.4 Å². The van der Waals surface area contributed by atoms with Gasteiger partial charge in [0, 0.05) is 11.4 Å². The fraction of sp³-hybridized carbons (Fsp3) is 0.226. The molecule has 4 aromatic rings. The van der Waals surface area contributed by atoms with Gasteiger partial charge in [0.05, 0.1) is 13.2 Å². The highest BCUT2D eigenvalue weighted by molar-refractivity contribution is 6.30. The van der Waals surface area contributed by atoms with Crippen LogP contribution in [0.15, 0.2) is 66.7 Å². The van der Waals surface area contributed by atoms with E-state index < -0.39 is 17.4 Å². The quantitative estimate of drug-likeness (QED) is 0.202. The van der Waals surface area contributed by atoms with Gasteiger partial charge < -0.3 is 9.47 Å². The Morgan fingerprint density at radius 2 is 1.50 bits per heavy atom. The van der Waals surface area contributed by atoms with Crippen LogP contribution in [0.1, 0.15) is 36.1 Å². The predicted molar refractivity (Wildman–Crippen MR) is 141 cm³/mol. The lowest BCUT2D eigenvalue weighted by molar-refractivity contribution is -0.164. The first-order valence-corrected chi connectivity index (χ1v) is 12.7. The van der Waals surface area contributed by atoms with Crippen LogP contribution in [0.5, 0.6) is 0 Å². The smallest absolute Gasteiger partial charge is 0.328 e. The summed E-state index contributed by atoms with van der Waals surface area (Å²) in [6, 6.07) is 22.2. The standard InChI is InChI=1S/C31H25ClO4/c1-3-35-29(33)31(30(34)36-4-2)17-20-9-7-11-23-25(18-12-14-21(32)15-13-18)27-22-10-6-5-8-19(22)16-24(27)28(31)26(20)23/h5-15H,3-4,16-17H2,1-2H3. The Morgan fingerprint density at radius 1 is 0.833 bits per heavy atom. The summed E-state index contributed by atoms with van der Waals surface area (Å²) in [5.41, 5.74) is 6.66. The Balaban J connectivity index is 1.78. The van der Waals surface area contributed by atoms with E-state index in [2.05, 4.69) is 18.2 Å². The van der Waals surface area contributed by atoms with Crippen LogP contribution in [0.2, 0.25) is 5.02 Å². The zero-order chi connectivity index (χ0) is 25.0. The maximum Gasteiger partial charge on any atom is 0.328 e. The molecule has 2 aliphatic rings. The Kier molecular flexibility index (Phi) is 5.38. The molecule has 6 rings (SSSR count). The summed E-state index contributed by atoms with van der Waals surface area (Å²) in [4.78, 5) is 27.4. The molecule has 36 heavy (non-hydrogen) atoms. The van der Waals surface area contributed by atoms with E-state index in [1.54, 1.807) is 13.8 Å². The highest BCUT2D eigenvalue weighted by Crippen LogP contribution is 2.56. The van der Waals surface area contributed by atoms with Gasteiger partial charge >= 0.3 is 11.9 Å². The van der Waals surface area contributed by atoms with Gasteiger partial charge in [-0.2, -0.15) is 0 Å². The summed E-state index contributed by atoms with van der Waals surface area (Å²) < 4.78 is 11.1. The first-order valence-electron chi connectivity index (χ1n) is 12.3. The van der Waals surface area contributed by atoms with Crippen molar-refractivity contribution < 1.29 is 19.1 Å². The fourth-order valence-electron chi connectivity index (χ4n) is 6.10. The molecular formula is C31H25ClO4. The maximum absolute atomic E-state index is 13.7. The molecule has 180 valence electrons. The highest BCUT2D eigenvalue weighted by atomic mass is 35.5. The van der Waals surface area contributed by atoms with Crippen molar-refractivity contribution >= 4 is 34.3 Å². The molecule has 2 aliphatic carbocycles. The molecule has 0 radical (unpaired) electrons. The third-order valence-electron chi connectivity index (χ3n) is 7.44. The van der Waals surface area contributed by atoms with Gasteiger partial charge in [0.1, 0.15) is 0 Å². The number of carbonyl (C=O) groups is 2.